The molecule has 0 bridgehead atoms. The summed E-state index contributed by atoms with van der Waals surface area (Å²) in [6.45, 7) is 10.9. The topological polar surface area (TPSA) is 32.8 Å². The smallest absolute Gasteiger partial charge is 0.410 e. The predicted molar refractivity (Wildman–Crippen MR) is 118 cm³/mol. The summed E-state index contributed by atoms with van der Waals surface area (Å²) >= 11 is 0. The van der Waals surface area contributed by atoms with Crippen LogP contribution in [0.1, 0.15) is 56.0 Å². The fourth-order valence-corrected chi connectivity index (χ4v) is 4.35. The molecule has 1 amide bonds. The van der Waals surface area contributed by atoms with Gasteiger partial charge in [0.05, 0.1) is 6.04 Å². The third kappa shape index (κ3) is 4.08. The Morgan fingerprint density at radius 3 is 2.24 bits per heavy atom. The van der Waals surface area contributed by atoms with Crippen LogP contribution in [0.25, 0.3) is 11.6 Å². The van der Waals surface area contributed by atoms with E-state index in [1.165, 1.54) is 27.8 Å². The number of rotatable bonds is 1. The lowest BCUT2D eigenvalue weighted by molar-refractivity contribution is 0.0119. The maximum absolute atomic E-state index is 12.5. The molecule has 0 radical (unpaired) electrons. The summed E-state index contributed by atoms with van der Waals surface area (Å²) in [5, 5.41) is 0. The summed E-state index contributed by atoms with van der Waals surface area (Å²) in [5.74, 6) is 0. The number of nitrogens with zero attached hydrogens (tertiary/aromatic N) is 2. The van der Waals surface area contributed by atoms with Gasteiger partial charge in [0, 0.05) is 26.2 Å². The van der Waals surface area contributed by atoms with Gasteiger partial charge in [0.2, 0.25) is 0 Å². The number of benzene rings is 2. The molecule has 1 fully saturated rings. The monoisotopic (exact) mass is 390 g/mol. The molecule has 4 nitrogen and oxygen atoms in total. The Labute approximate surface area is 173 Å². The van der Waals surface area contributed by atoms with Crippen molar-refractivity contribution in [2.45, 2.75) is 39.3 Å². The number of carbonyl (C=O) groups is 1. The molecule has 1 atom stereocenters. The van der Waals surface area contributed by atoms with Gasteiger partial charge in [-0.1, -0.05) is 54.6 Å². The first-order chi connectivity index (χ1) is 13.8. The number of fused-ring (bicyclic) bond motifs is 2. The predicted octanol–water partition coefficient (Wildman–Crippen LogP) is 5.20. The molecule has 2 aromatic carbocycles. The molecule has 1 heterocycles. The third-order valence-electron chi connectivity index (χ3n) is 5.67. The number of allylic oxidation sites excluding steroid dienone is 1. The van der Waals surface area contributed by atoms with E-state index < -0.39 is 5.60 Å². The maximum atomic E-state index is 12.5. The molecule has 1 aliphatic carbocycles. The maximum Gasteiger partial charge on any atom is 0.410 e. The van der Waals surface area contributed by atoms with Crippen LogP contribution in [0.5, 0.6) is 0 Å². The SMILES string of the molecule is CC1=Cc2ccccc2C(N2CCN(C(=O)OC(C)(C)C)CC2)c2ccccc21. The third-order valence-corrected chi connectivity index (χ3v) is 5.67. The van der Waals surface area contributed by atoms with Crippen molar-refractivity contribution >= 4 is 17.7 Å². The summed E-state index contributed by atoms with van der Waals surface area (Å²) in [6, 6.07) is 17.6. The van der Waals surface area contributed by atoms with E-state index in [0.29, 0.717) is 13.1 Å². The fourth-order valence-electron chi connectivity index (χ4n) is 4.35. The largest absolute Gasteiger partial charge is 0.444 e. The van der Waals surface area contributed by atoms with Crippen molar-refractivity contribution in [3.05, 3.63) is 70.8 Å². The van der Waals surface area contributed by atoms with Crippen LogP contribution in [-0.2, 0) is 4.74 Å². The first-order valence-electron chi connectivity index (χ1n) is 10.4. The Kier molecular flexibility index (Phi) is 5.22. The Morgan fingerprint density at radius 2 is 1.55 bits per heavy atom. The van der Waals surface area contributed by atoms with Crippen molar-refractivity contribution < 1.29 is 9.53 Å². The number of amides is 1. The van der Waals surface area contributed by atoms with Crippen LogP contribution >= 0.6 is 0 Å². The highest BCUT2D eigenvalue weighted by Crippen LogP contribution is 2.40. The van der Waals surface area contributed by atoms with E-state index in [-0.39, 0.29) is 12.1 Å². The molecule has 29 heavy (non-hydrogen) atoms. The molecule has 4 rings (SSSR count). The minimum Gasteiger partial charge on any atom is -0.444 e. The quantitative estimate of drug-likeness (QED) is 0.671. The van der Waals surface area contributed by atoms with Gasteiger partial charge in [-0.2, -0.15) is 0 Å². The van der Waals surface area contributed by atoms with Gasteiger partial charge in [-0.15, -0.1) is 0 Å². The van der Waals surface area contributed by atoms with Crippen molar-refractivity contribution in [2.75, 3.05) is 26.2 Å². The number of ether oxygens (including phenoxy) is 1. The molecule has 1 aliphatic heterocycles. The van der Waals surface area contributed by atoms with Crippen LogP contribution in [0.15, 0.2) is 48.5 Å². The molecule has 0 N–H and O–H groups in total. The second kappa shape index (κ2) is 7.68. The van der Waals surface area contributed by atoms with Crippen molar-refractivity contribution in [3.8, 4) is 0 Å². The zero-order chi connectivity index (χ0) is 20.6. The summed E-state index contributed by atoms with van der Waals surface area (Å²) in [7, 11) is 0. The summed E-state index contributed by atoms with van der Waals surface area (Å²) in [5.41, 5.74) is 6.10. The van der Waals surface area contributed by atoms with Crippen LogP contribution in [0.3, 0.4) is 0 Å². The molecular formula is C25H30N2O2. The van der Waals surface area contributed by atoms with Gasteiger partial charge in [0.1, 0.15) is 5.60 Å². The molecule has 1 unspecified atom stereocenters. The molecule has 0 saturated carbocycles. The molecule has 0 aromatic heterocycles. The lowest BCUT2D eigenvalue weighted by atomic mass is 9.91. The van der Waals surface area contributed by atoms with E-state index in [4.69, 9.17) is 4.74 Å². The normalized spacial score (nSPS) is 19.7. The van der Waals surface area contributed by atoms with E-state index >= 15 is 0 Å². The average Bonchev–Trinajstić information content (AvgIpc) is 2.81. The highest BCUT2D eigenvalue weighted by molar-refractivity contribution is 5.85. The zero-order valence-electron chi connectivity index (χ0n) is 17.8. The van der Waals surface area contributed by atoms with E-state index in [1.807, 2.05) is 25.7 Å². The first kappa shape index (κ1) is 19.7. The minimum atomic E-state index is -0.462. The highest BCUT2D eigenvalue weighted by atomic mass is 16.6. The highest BCUT2D eigenvalue weighted by Gasteiger charge is 2.32. The molecule has 4 heteroatoms. The standard InChI is InChI=1S/C25H30N2O2/c1-18-17-19-9-5-6-11-21(19)23(22-12-8-7-10-20(18)22)26-13-15-27(16-14-26)24(28)29-25(2,3)4/h5-12,17,23H,13-16H2,1-4H3. The van der Waals surface area contributed by atoms with Gasteiger partial charge in [-0.25, -0.2) is 4.79 Å². The Bertz CT molecular complexity index is 934. The molecule has 2 aromatic rings. The number of hydrogen-bond donors (Lipinski definition) is 0. The van der Waals surface area contributed by atoms with Gasteiger partial charge in [0.25, 0.3) is 0 Å². The second-order valence-corrected chi connectivity index (χ2v) is 8.95. The van der Waals surface area contributed by atoms with Gasteiger partial charge >= 0.3 is 6.09 Å². The van der Waals surface area contributed by atoms with Crippen LogP contribution in [0.4, 0.5) is 4.79 Å². The Hall–Kier alpha value is -2.59. The second-order valence-electron chi connectivity index (χ2n) is 8.95. The van der Waals surface area contributed by atoms with E-state index in [0.717, 1.165) is 13.1 Å². The molecule has 152 valence electrons. The number of piperazine rings is 1. The van der Waals surface area contributed by atoms with E-state index in [9.17, 15) is 4.79 Å². The van der Waals surface area contributed by atoms with Crippen LogP contribution in [-0.4, -0.2) is 47.7 Å². The van der Waals surface area contributed by atoms with Gasteiger partial charge in [-0.05, 0) is 55.5 Å². The molecule has 0 spiro atoms. The van der Waals surface area contributed by atoms with Crippen LogP contribution in [0.2, 0.25) is 0 Å². The van der Waals surface area contributed by atoms with E-state index in [2.05, 4.69) is 66.4 Å². The Balaban J connectivity index is 1.62. The summed E-state index contributed by atoms with van der Waals surface area (Å²) in [6.07, 6.45) is 2.09. The van der Waals surface area contributed by atoms with Gasteiger partial charge < -0.3 is 9.64 Å². The fraction of sp³-hybridized carbons (Fsp3) is 0.400. The summed E-state index contributed by atoms with van der Waals surface area (Å²) < 4.78 is 5.56. The van der Waals surface area contributed by atoms with Crippen molar-refractivity contribution in [1.29, 1.82) is 0 Å². The lowest BCUT2D eigenvalue weighted by Crippen LogP contribution is -2.51. The lowest BCUT2D eigenvalue weighted by Gasteiger charge is -2.40. The average molecular weight is 391 g/mol. The molecule has 2 aliphatic rings. The Morgan fingerprint density at radius 1 is 0.931 bits per heavy atom. The molecular weight excluding hydrogens is 360 g/mol. The van der Waals surface area contributed by atoms with Gasteiger partial charge in [-0.3, -0.25) is 4.90 Å². The molecule has 1 saturated heterocycles. The number of hydrogen-bond acceptors (Lipinski definition) is 3. The van der Waals surface area contributed by atoms with Crippen molar-refractivity contribution in [1.82, 2.24) is 9.80 Å². The van der Waals surface area contributed by atoms with Crippen molar-refractivity contribution in [2.24, 2.45) is 0 Å². The van der Waals surface area contributed by atoms with E-state index in [1.54, 1.807) is 0 Å². The van der Waals surface area contributed by atoms with Crippen LogP contribution in [0, 0.1) is 0 Å². The number of carbonyl (C=O) groups excluding carboxylic acids is 1. The minimum absolute atomic E-state index is 0.192. The van der Waals surface area contributed by atoms with Crippen molar-refractivity contribution in [3.63, 3.8) is 0 Å². The summed E-state index contributed by atoms with van der Waals surface area (Å²) in [4.78, 5) is 16.8. The first-order valence-corrected chi connectivity index (χ1v) is 10.4. The van der Waals surface area contributed by atoms with Crippen LogP contribution < -0.4 is 0 Å². The van der Waals surface area contributed by atoms with Gasteiger partial charge in [0.15, 0.2) is 0 Å². The zero-order valence-corrected chi connectivity index (χ0v) is 17.8.